The normalized spacial score (nSPS) is 10.8. The third kappa shape index (κ3) is 3.79. The first-order valence-electron chi connectivity index (χ1n) is 7.61. The first-order chi connectivity index (χ1) is 12.4. The molecular weight excluding hydrogens is 426 g/mol. The highest BCUT2D eigenvalue weighted by molar-refractivity contribution is 9.10. The SMILES string of the molecule is O=C(Cc1cc(-c2ccccc2)c(F)cc1F)c1cc(Br)cc(Cl)c1O. The predicted molar refractivity (Wildman–Crippen MR) is 101 cm³/mol. The van der Waals surface area contributed by atoms with Crippen LogP contribution in [0.25, 0.3) is 11.1 Å². The fraction of sp³-hybridized carbons (Fsp3) is 0.0500. The van der Waals surface area contributed by atoms with Crippen LogP contribution in [0.5, 0.6) is 5.75 Å². The fourth-order valence-electron chi connectivity index (χ4n) is 2.61. The monoisotopic (exact) mass is 436 g/mol. The second-order valence-electron chi connectivity index (χ2n) is 5.67. The van der Waals surface area contributed by atoms with Crippen LogP contribution < -0.4 is 0 Å². The second kappa shape index (κ2) is 7.56. The van der Waals surface area contributed by atoms with Crippen LogP contribution in [-0.2, 0) is 6.42 Å². The molecule has 0 spiro atoms. The summed E-state index contributed by atoms with van der Waals surface area (Å²) in [5.41, 5.74) is 0.776. The minimum absolute atomic E-state index is 0.00674. The molecule has 0 saturated carbocycles. The molecule has 3 rings (SSSR count). The number of halogens is 4. The summed E-state index contributed by atoms with van der Waals surface area (Å²) in [5.74, 6) is -2.43. The van der Waals surface area contributed by atoms with Gasteiger partial charge in [0.2, 0.25) is 0 Å². The molecule has 0 aromatic heterocycles. The van der Waals surface area contributed by atoms with Crippen molar-refractivity contribution in [3.8, 4) is 16.9 Å². The predicted octanol–water partition coefficient (Wildman–Crippen LogP) is 6.18. The molecule has 0 amide bonds. The van der Waals surface area contributed by atoms with E-state index in [1.165, 1.54) is 18.2 Å². The van der Waals surface area contributed by atoms with Gasteiger partial charge in [0.15, 0.2) is 5.78 Å². The second-order valence-corrected chi connectivity index (χ2v) is 7.00. The van der Waals surface area contributed by atoms with Gasteiger partial charge in [-0.3, -0.25) is 4.79 Å². The lowest BCUT2D eigenvalue weighted by molar-refractivity contribution is 0.0989. The van der Waals surface area contributed by atoms with E-state index in [9.17, 15) is 18.7 Å². The number of benzene rings is 3. The van der Waals surface area contributed by atoms with Gasteiger partial charge in [-0.2, -0.15) is 0 Å². The summed E-state index contributed by atoms with van der Waals surface area (Å²) in [4.78, 5) is 12.5. The summed E-state index contributed by atoms with van der Waals surface area (Å²) in [5, 5.41) is 10.00. The molecule has 0 bridgehead atoms. The Bertz CT molecular complexity index is 991. The van der Waals surface area contributed by atoms with Gasteiger partial charge in [-0.1, -0.05) is 57.9 Å². The molecule has 3 aromatic rings. The number of carbonyl (C=O) groups excluding carboxylic acids is 1. The summed E-state index contributed by atoms with van der Waals surface area (Å²) in [6, 6.07) is 13.6. The van der Waals surface area contributed by atoms with E-state index in [1.54, 1.807) is 30.3 Å². The van der Waals surface area contributed by atoms with E-state index in [-0.39, 0.29) is 33.9 Å². The zero-order valence-corrected chi connectivity index (χ0v) is 15.6. The first-order valence-corrected chi connectivity index (χ1v) is 8.78. The third-order valence-corrected chi connectivity index (χ3v) is 4.65. The van der Waals surface area contributed by atoms with Gasteiger partial charge < -0.3 is 5.11 Å². The van der Waals surface area contributed by atoms with Crippen LogP contribution in [0.1, 0.15) is 15.9 Å². The fourth-order valence-corrected chi connectivity index (χ4v) is 3.42. The molecule has 132 valence electrons. The summed E-state index contributed by atoms with van der Waals surface area (Å²) in [7, 11) is 0. The van der Waals surface area contributed by atoms with E-state index in [1.807, 2.05) is 0 Å². The third-order valence-electron chi connectivity index (χ3n) is 3.90. The van der Waals surface area contributed by atoms with E-state index >= 15 is 0 Å². The van der Waals surface area contributed by atoms with Gasteiger partial charge in [0.25, 0.3) is 0 Å². The van der Waals surface area contributed by atoms with Crippen molar-refractivity contribution in [2.24, 2.45) is 0 Å². The molecule has 0 aliphatic carbocycles. The number of phenols is 1. The summed E-state index contributed by atoms with van der Waals surface area (Å²) >= 11 is 9.06. The van der Waals surface area contributed by atoms with E-state index in [2.05, 4.69) is 15.9 Å². The van der Waals surface area contributed by atoms with Crippen molar-refractivity contribution in [3.05, 3.63) is 86.9 Å². The number of aromatic hydroxyl groups is 1. The number of ketones is 1. The average molecular weight is 438 g/mol. The highest BCUT2D eigenvalue weighted by Gasteiger charge is 2.19. The van der Waals surface area contributed by atoms with Crippen molar-refractivity contribution in [2.45, 2.75) is 6.42 Å². The molecule has 2 nitrogen and oxygen atoms in total. The van der Waals surface area contributed by atoms with E-state index < -0.39 is 17.4 Å². The highest BCUT2D eigenvalue weighted by atomic mass is 79.9. The van der Waals surface area contributed by atoms with Crippen LogP contribution in [0.4, 0.5) is 8.78 Å². The Morgan fingerprint density at radius 1 is 1.04 bits per heavy atom. The number of hydrogen-bond acceptors (Lipinski definition) is 2. The van der Waals surface area contributed by atoms with Gasteiger partial charge in [0, 0.05) is 22.5 Å². The van der Waals surface area contributed by atoms with E-state index in [0.717, 1.165) is 6.07 Å². The lowest BCUT2D eigenvalue weighted by Crippen LogP contribution is -2.07. The zero-order chi connectivity index (χ0) is 18.8. The maximum absolute atomic E-state index is 14.2. The van der Waals surface area contributed by atoms with Crippen LogP contribution in [0, 0.1) is 11.6 Å². The number of phenolic OH excluding ortho intramolecular Hbond substituents is 1. The van der Waals surface area contributed by atoms with Crippen LogP contribution >= 0.6 is 27.5 Å². The Balaban J connectivity index is 1.99. The lowest BCUT2D eigenvalue weighted by Gasteiger charge is -2.10. The maximum atomic E-state index is 14.2. The molecule has 26 heavy (non-hydrogen) atoms. The first kappa shape index (κ1) is 18.5. The average Bonchev–Trinajstić information content (AvgIpc) is 2.61. The number of rotatable bonds is 4. The molecule has 0 unspecified atom stereocenters. The Morgan fingerprint density at radius 2 is 1.73 bits per heavy atom. The van der Waals surface area contributed by atoms with Gasteiger partial charge >= 0.3 is 0 Å². The molecular formula is C20H12BrClF2O2. The van der Waals surface area contributed by atoms with Crippen LogP contribution in [0.15, 0.2) is 59.1 Å². The van der Waals surface area contributed by atoms with Crippen molar-refractivity contribution in [2.75, 3.05) is 0 Å². The molecule has 6 heteroatoms. The van der Waals surface area contributed by atoms with E-state index in [0.29, 0.717) is 10.0 Å². The topological polar surface area (TPSA) is 37.3 Å². The van der Waals surface area contributed by atoms with Crippen LogP contribution in [0.2, 0.25) is 5.02 Å². The van der Waals surface area contributed by atoms with Crippen molar-refractivity contribution >= 4 is 33.3 Å². The summed E-state index contributed by atoms with van der Waals surface area (Å²) in [6.07, 6.45) is -0.341. The molecule has 0 aliphatic heterocycles. The summed E-state index contributed by atoms with van der Waals surface area (Å²) < 4.78 is 28.9. The van der Waals surface area contributed by atoms with Crippen molar-refractivity contribution in [1.82, 2.24) is 0 Å². The van der Waals surface area contributed by atoms with Crippen molar-refractivity contribution < 1.29 is 18.7 Å². The molecule has 0 fully saturated rings. The lowest BCUT2D eigenvalue weighted by atomic mass is 9.97. The number of carbonyl (C=O) groups is 1. The Kier molecular flexibility index (Phi) is 5.39. The molecule has 0 atom stereocenters. The molecule has 0 saturated heterocycles. The van der Waals surface area contributed by atoms with Crippen molar-refractivity contribution in [3.63, 3.8) is 0 Å². The quantitative estimate of drug-likeness (QED) is 0.495. The van der Waals surface area contributed by atoms with Gasteiger partial charge in [0.05, 0.1) is 10.6 Å². The Labute approximate surface area is 162 Å². The molecule has 0 aliphatic rings. The molecule has 0 heterocycles. The summed E-state index contributed by atoms with van der Waals surface area (Å²) in [6.45, 7) is 0. The molecule has 3 aromatic carbocycles. The largest absolute Gasteiger partial charge is 0.506 e. The maximum Gasteiger partial charge on any atom is 0.171 e. The van der Waals surface area contributed by atoms with Crippen LogP contribution in [-0.4, -0.2) is 10.9 Å². The zero-order valence-electron chi connectivity index (χ0n) is 13.3. The van der Waals surface area contributed by atoms with Gasteiger partial charge in [-0.25, -0.2) is 8.78 Å². The molecule has 0 radical (unpaired) electrons. The van der Waals surface area contributed by atoms with Crippen molar-refractivity contribution in [1.29, 1.82) is 0 Å². The smallest absolute Gasteiger partial charge is 0.171 e. The minimum Gasteiger partial charge on any atom is -0.506 e. The van der Waals surface area contributed by atoms with Gasteiger partial charge in [0.1, 0.15) is 17.4 Å². The standard InChI is InChI=1S/C20H12BrClF2O2/c21-13-8-15(20(26)16(22)9-13)19(25)7-12-6-14(18(24)10-17(12)23)11-4-2-1-3-5-11/h1-6,8-10,26H,7H2. The highest BCUT2D eigenvalue weighted by Crippen LogP contribution is 2.33. The minimum atomic E-state index is -0.823. The number of hydrogen-bond donors (Lipinski definition) is 1. The number of Topliss-reactive ketones (excluding diaryl/α,β-unsaturated/α-hetero) is 1. The Hall–Kier alpha value is -2.24. The molecule has 1 N–H and O–H groups in total. The van der Waals surface area contributed by atoms with Gasteiger partial charge in [-0.15, -0.1) is 0 Å². The van der Waals surface area contributed by atoms with E-state index in [4.69, 9.17) is 11.6 Å². The van der Waals surface area contributed by atoms with Gasteiger partial charge in [-0.05, 0) is 29.3 Å². The Morgan fingerprint density at radius 3 is 2.42 bits per heavy atom. The van der Waals surface area contributed by atoms with Crippen LogP contribution in [0.3, 0.4) is 0 Å².